The number of para-hydroxylation sites is 7. The first-order valence-electron chi connectivity index (χ1n) is 32.8. The molecule has 6 aromatic heterocycles. The van der Waals surface area contributed by atoms with Gasteiger partial charge >= 0.3 is 0 Å². The molecule has 448 valence electrons. The highest BCUT2D eigenvalue weighted by Gasteiger charge is 2.21. The summed E-state index contributed by atoms with van der Waals surface area (Å²) in [4.78, 5) is 0. The normalized spacial score (nSPS) is 12.0. The summed E-state index contributed by atoms with van der Waals surface area (Å²) in [6.07, 6.45) is 0. The highest BCUT2D eigenvalue weighted by Crippen LogP contribution is 2.43. The molecule has 6 heterocycles. The van der Waals surface area contributed by atoms with E-state index >= 15 is 0 Å². The van der Waals surface area contributed by atoms with Crippen LogP contribution in [0.1, 0.15) is 0 Å². The van der Waals surface area contributed by atoms with E-state index in [1.54, 1.807) is 0 Å². The smallest absolute Gasteiger partial charge is 0.137 e. The molecule has 15 aromatic carbocycles. The van der Waals surface area contributed by atoms with Crippen LogP contribution in [-0.2, 0) is 0 Å². The quantitative estimate of drug-likeness (QED) is 0.160. The molecule has 6 heteroatoms. The van der Waals surface area contributed by atoms with Crippen molar-refractivity contribution in [2.45, 2.75) is 0 Å². The summed E-state index contributed by atoms with van der Waals surface area (Å²) in [6.45, 7) is 0. The third-order valence-electron chi connectivity index (χ3n) is 19.8. The van der Waals surface area contributed by atoms with Crippen LogP contribution in [0, 0.1) is 0 Å². The van der Waals surface area contributed by atoms with Crippen molar-refractivity contribution in [1.29, 1.82) is 0 Å². The van der Waals surface area contributed by atoms with Gasteiger partial charge in [0.05, 0.1) is 44.1 Å². The Hall–Kier alpha value is -12.9. The molecule has 21 aromatic rings. The second-order valence-electron chi connectivity index (χ2n) is 25.1. The van der Waals surface area contributed by atoms with Gasteiger partial charge in [-0.05, 0) is 179 Å². The molecule has 0 radical (unpaired) electrons. The van der Waals surface area contributed by atoms with Crippen LogP contribution in [0.15, 0.2) is 349 Å². The zero-order valence-corrected chi connectivity index (χ0v) is 51.9. The Balaban J connectivity index is 0.000000132. The molecule has 0 atom stereocenters. The van der Waals surface area contributed by atoms with Crippen LogP contribution in [0.25, 0.3) is 187 Å². The Morgan fingerprint density at radius 2 is 0.438 bits per heavy atom. The average molecular weight is 1230 g/mol. The molecule has 0 bridgehead atoms. The summed E-state index contributed by atoms with van der Waals surface area (Å²) < 4.78 is 22.1. The Kier molecular flexibility index (Phi) is 11.9. The monoisotopic (exact) mass is 1220 g/mol. The van der Waals surface area contributed by atoms with E-state index in [2.05, 4.69) is 346 Å². The zero-order chi connectivity index (χ0) is 63.0. The van der Waals surface area contributed by atoms with Crippen LogP contribution in [-0.4, -0.2) is 18.3 Å². The summed E-state index contributed by atoms with van der Waals surface area (Å²) in [5.74, 6) is 0. The van der Waals surface area contributed by atoms with Crippen molar-refractivity contribution < 1.29 is 8.83 Å². The maximum Gasteiger partial charge on any atom is 0.137 e. The molecule has 0 aliphatic carbocycles. The van der Waals surface area contributed by atoms with Gasteiger partial charge in [-0.3, -0.25) is 0 Å². The van der Waals surface area contributed by atoms with Crippen molar-refractivity contribution in [2.75, 3.05) is 0 Å². The van der Waals surface area contributed by atoms with Crippen molar-refractivity contribution in [2.24, 2.45) is 0 Å². The minimum absolute atomic E-state index is 0.894. The summed E-state index contributed by atoms with van der Waals surface area (Å²) in [5.41, 5.74) is 25.0. The summed E-state index contributed by atoms with van der Waals surface area (Å²) in [5, 5.41) is 14.5. The number of rotatable bonds is 7. The van der Waals surface area contributed by atoms with Crippen LogP contribution in [0.5, 0.6) is 0 Å². The zero-order valence-electron chi connectivity index (χ0n) is 51.9. The minimum Gasteiger partial charge on any atom is -0.456 e. The Morgan fingerprint density at radius 3 is 0.906 bits per heavy atom. The molecule has 6 nitrogen and oxygen atoms in total. The van der Waals surface area contributed by atoms with Gasteiger partial charge in [-0.25, -0.2) is 0 Å². The van der Waals surface area contributed by atoms with Gasteiger partial charge in [0.1, 0.15) is 22.3 Å². The molecule has 0 aliphatic rings. The van der Waals surface area contributed by atoms with Crippen LogP contribution in [0.3, 0.4) is 0 Å². The molecule has 0 aliphatic heterocycles. The summed E-state index contributed by atoms with van der Waals surface area (Å²) >= 11 is 0. The molecule has 96 heavy (non-hydrogen) atoms. The lowest BCUT2D eigenvalue weighted by molar-refractivity contribution is 0.668. The molecular weight excluding hydrogens is 1170 g/mol. The Bertz CT molecular complexity index is 6700. The van der Waals surface area contributed by atoms with Crippen molar-refractivity contribution in [1.82, 2.24) is 18.3 Å². The number of nitrogens with zero attached hydrogens (tertiary/aromatic N) is 4. The van der Waals surface area contributed by atoms with Gasteiger partial charge in [-0.15, -0.1) is 0 Å². The fourth-order valence-electron chi connectivity index (χ4n) is 15.4. The third-order valence-corrected chi connectivity index (χ3v) is 19.8. The molecule has 0 N–H and O–H groups in total. The van der Waals surface area contributed by atoms with Crippen molar-refractivity contribution >= 4 is 131 Å². The molecule has 0 unspecified atom stereocenters. The number of hydrogen-bond acceptors (Lipinski definition) is 2. The summed E-state index contributed by atoms with van der Waals surface area (Å²) in [6, 6.07) is 122. The van der Waals surface area contributed by atoms with E-state index in [0.717, 1.165) is 55.3 Å². The first-order valence-corrected chi connectivity index (χ1v) is 32.8. The van der Waals surface area contributed by atoms with Crippen molar-refractivity contribution in [3.8, 4) is 56.1 Å². The molecule has 0 fully saturated rings. The van der Waals surface area contributed by atoms with Gasteiger partial charge in [-0.2, -0.15) is 0 Å². The van der Waals surface area contributed by atoms with Gasteiger partial charge in [0, 0.05) is 93.5 Å². The fourth-order valence-corrected chi connectivity index (χ4v) is 15.4. The highest BCUT2D eigenvalue weighted by atomic mass is 16.3. The number of benzene rings is 15. The predicted octanol–water partition coefficient (Wildman–Crippen LogP) is 24.6. The maximum absolute atomic E-state index is 6.33. The number of furan rings is 2. The molecule has 0 saturated heterocycles. The van der Waals surface area contributed by atoms with Gasteiger partial charge in [0.2, 0.25) is 0 Å². The van der Waals surface area contributed by atoms with E-state index in [1.807, 2.05) is 12.1 Å². The summed E-state index contributed by atoms with van der Waals surface area (Å²) in [7, 11) is 0. The lowest BCUT2D eigenvalue weighted by Crippen LogP contribution is -1.93. The lowest BCUT2D eigenvalue weighted by atomic mass is 10.0. The average Bonchev–Trinajstić information content (AvgIpc) is 1.60. The van der Waals surface area contributed by atoms with E-state index in [9.17, 15) is 0 Å². The third kappa shape index (κ3) is 8.39. The van der Waals surface area contributed by atoms with Crippen LogP contribution >= 0.6 is 0 Å². The van der Waals surface area contributed by atoms with E-state index in [-0.39, 0.29) is 0 Å². The fraction of sp³-hybridized carbons (Fsp3) is 0. The van der Waals surface area contributed by atoms with Crippen LogP contribution in [0.2, 0.25) is 0 Å². The van der Waals surface area contributed by atoms with Crippen molar-refractivity contribution in [3.05, 3.63) is 340 Å². The maximum atomic E-state index is 6.33. The molecule has 0 amide bonds. The van der Waals surface area contributed by atoms with Gasteiger partial charge in [-0.1, -0.05) is 188 Å². The first-order chi connectivity index (χ1) is 47.6. The highest BCUT2D eigenvalue weighted by molar-refractivity contribution is 6.16. The first kappa shape index (κ1) is 53.7. The largest absolute Gasteiger partial charge is 0.456 e. The minimum atomic E-state index is 0.894. The second-order valence-corrected chi connectivity index (χ2v) is 25.1. The predicted molar refractivity (Wildman–Crippen MR) is 401 cm³/mol. The molecule has 0 spiro atoms. The van der Waals surface area contributed by atoms with E-state index in [0.29, 0.717) is 0 Å². The molecular formula is C90H56N4O2. The Labute approximate surface area is 550 Å². The SMILES string of the molecule is c1ccc(-c2ccc3oc4ccc(-n5c6ccccc6c6cc(-c7ccc8c(c7)c7ccccc7n8-c7ccccc7)ccc65)cc4c3c2)cc1.c1ccc(-n2c3ccccc3c3cc(-c4ccc5c(c4)c4ccccc4n5-c4ccc5c(c4)oc4ccccc45)ccc32)cc1. The van der Waals surface area contributed by atoms with Crippen molar-refractivity contribution in [3.63, 3.8) is 0 Å². The molecule has 21 rings (SSSR count). The molecule has 0 saturated carbocycles. The van der Waals surface area contributed by atoms with Gasteiger partial charge in [0.15, 0.2) is 0 Å². The Morgan fingerprint density at radius 1 is 0.146 bits per heavy atom. The second kappa shape index (κ2) is 21.3. The topological polar surface area (TPSA) is 46.0 Å². The van der Waals surface area contributed by atoms with Crippen LogP contribution < -0.4 is 0 Å². The van der Waals surface area contributed by atoms with Gasteiger partial charge < -0.3 is 27.1 Å². The lowest BCUT2D eigenvalue weighted by Gasteiger charge is -2.09. The van der Waals surface area contributed by atoms with E-state index in [4.69, 9.17) is 8.83 Å². The number of hydrogen-bond donors (Lipinski definition) is 0. The van der Waals surface area contributed by atoms with Crippen LogP contribution in [0.4, 0.5) is 0 Å². The van der Waals surface area contributed by atoms with Gasteiger partial charge in [0.25, 0.3) is 0 Å². The van der Waals surface area contributed by atoms with E-state index < -0.39 is 0 Å². The number of aromatic nitrogens is 4. The standard InChI is InChI=1S/C48H30N2O.C42H26N2O/c1-3-11-31(12-4-1)32-21-25-47-41(29-32)42-30-36(22-26-48(42)51-47)50-44-18-10-8-16-38(44)40-28-34(20-24-46(40)50)33-19-23-45-39(27-33)37-15-7-9-17-43(37)49(45)35-13-5-2-6-14-35;1-2-10-29(11-3-1)43-37-15-7-4-12-31(37)35-24-27(18-22-39(35)43)28-19-23-40-36(25-28)32-13-5-8-16-38(32)44(40)30-20-21-34-33-14-6-9-17-41(33)45-42(34)26-30/h1-30H;1-26H. The number of fused-ring (bicyclic) bond motifs is 18. The van der Waals surface area contributed by atoms with E-state index in [1.165, 1.54) is 132 Å².